The van der Waals surface area contributed by atoms with E-state index in [0.717, 1.165) is 22.6 Å². The summed E-state index contributed by atoms with van der Waals surface area (Å²) in [7, 11) is 1.63. The van der Waals surface area contributed by atoms with Gasteiger partial charge in [0.1, 0.15) is 11.6 Å². The summed E-state index contributed by atoms with van der Waals surface area (Å²) in [4.78, 5) is 17.3. The fourth-order valence-corrected chi connectivity index (χ4v) is 2.97. The molecule has 0 fully saturated rings. The molecule has 130 valence electrons. The highest BCUT2D eigenvalue weighted by Gasteiger charge is 2.12. The third kappa shape index (κ3) is 2.86. The minimum atomic E-state index is -0.185. The second kappa shape index (κ2) is 6.48. The smallest absolute Gasteiger partial charge is 0.352 e. The highest BCUT2D eigenvalue weighted by Crippen LogP contribution is 2.21. The first-order valence-corrected chi connectivity index (χ1v) is 8.31. The quantitative estimate of drug-likeness (QED) is 0.570. The first kappa shape index (κ1) is 16.1. The molecule has 0 aliphatic rings. The van der Waals surface area contributed by atoms with Crippen LogP contribution in [0.1, 0.15) is 11.4 Å². The van der Waals surface area contributed by atoms with Crippen LogP contribution < -0.4 is 10.4 Å². The molecule has 0 atom stereocenters. The average molecular weight is 346 g/mol. The Hall–Kier alpha value is -3.41. The van der Waals surface area contributed by atoms with Crippen molar-refractivity contribution in [2.24, 2.45) is 0 Å². The average Bonchev–Trinajstić information content (AvgIpc) is 2.98. The number of ether oxygens (including phenoxy) is 1. The van der Waals surface area contributed by atoms with Crippen LogP contribution in [0.3, 0.4) is 0 Å². The van der Waals surface area contributed by atoms with Gasteiger partial charge in [0, 0.05) is 11.6 Å². The minimum Gasteiger partial charge on any atom is -0.497 e. The molecule has 0 saturated heterocycles. The Morgan fingerprint density at radius 3 is 2.46 bits per heavy atom. The molecule has 0 amide bonds. The van der Waals surface area contributed by atoms with Crippen molar-refractivity contribution in [2.45, 2.75) is 13.5 Å². The van der Waals surface area contributed by atoms with Crippen molar-refractivity contribution in [2.75, 3.05) is 7.11 Å². The van der Waals surface area contributed by atoms with Gasteiger partial charge >= 0.3 is 5.69 Å². The largest absolute Gasteiger partial charge is 0.497 e. The number of aromatic nitrogens is 4. The van der Waals surface area contributed by atoms with Gasteiger partial charge in [0.2, 0.25) is 0 Å². The fraction of sp³-hybridized carbons (Fsp3) is 0.150. The topological polar surface area (TPSA) is 61.4 Å². The summed E-state index contributed by atoms with van der Waals surface area (Å²) in [6.45, 7) is 2.24. The summed E-state index contributed by atoms with van der Waals surface area (Å²) in [5.41, 5.74) is 3.15. The molecule has 0 spiro atoms. The molecule has 0 radical (unpaired) electrons. The van der Waals surface area contributed by atoms with Crippen LogP contribution >= 0.6 is 0 Å². The molecular weight excluding hydrogens is 328 g/mol. The number of hydrogen-bond donors (Lipinski definition) is 0. The van der Waals surface area contributed by atoms with Crippen LogP contribution in [0, 0.1) is 6.92 Å². The lowest BCUT2D eigenvalue weighted by atomic mass is 10.1. The Balaban J connectivity index is 1.78. The maximum absolute atomic E-state index is 12.7. The van der Waals surface area contributed by atoms with Crippen LogP contribution in [-0.4, -0.2) is 26.3 Å². The molecule has 0 N–H and O–H groups in total. The zero-order chi connectivity index (χ0) is 18.1. The molecule has 26 heavy (non-hydrogen) atoms. The lowest BCUT2D eigenvalue weighted by Gasteiger charge is -2.05. The Kier molecular flexibility index (Phi) is 4.01. The summed E-state index contributed by atoms with van der Waals surface area (Å²) in [5.74, 6) is 1.40. The van der Waals surface area contributed by atoms with Crippen molar-refractivity contribution in [1.29, 1.82) is 0 Å². The highest BCUT2D eigenvalue weighted by molar-refractivity contribution is 5.64. The Morgan fingerprint density at radius 1 is 1.04 bits per heavy atom. The van der Waals surface area contributed by atoms with E-state index in [4.69, 9.17) is 4.74 Å². The van der Waals surface area contributed by atoms with E-state index in [1.54, 1.807) is 7.11 Å². The Bertz CT molecular complexity index is 1110. The summed E-state index contributed by atoms with van der Waals surface area (Å²) in [6, 6.07) is 19.3. The molecule has 2 heterocycles. The van der Waals surface area contributed by atoms with E-state index >= 15 is 0 Å². The third-order valence-electron chi connectivity index (χ3n) is 4.30. The lowest BCUT2D eigenvalue weighted by Crippen LogP contribution is -2.23. The fourth-order valence-electron chi connectivity index (χ4n) is 2.97. The lowest BCUT2D eigenvalue weighted by molar-refractivity contribution is 0.415. The number of benzene rings is 2. The molecule has 2 aromatic carbocycles. The van der Waals surface area contributed by atoms with Gasteiger partial charge in [-0.3, -0.25) is 0 Å². The van der Waals surface area contributed by atoms with Gasteiger partial charge in [-0.05, 0) is 36.8 Å². The Labute approximate surface area is 150 Å². The van der Waals surface area contributed by atoms with Crippen molar-refractivity contribution in [3.8, 4) is 17.0 Å². The maximum atomic E-state index is 12.7. The molecule has 0 aliphatic carbocycles. The van der Waals surface area contributed by atoms with E-state index in [0.29, 0.717) is 18.0 Å². The SMILES string of the molecule is COc1ccc(-c2cc3nn(Cc4ccccc4)c(=O)n3c(C)n2)cc1. The molecule has 0 aliphatic heterocycles. The minimum absolute atomic E-state index is 0.185. The predicted octanol–water partition coefficient (Wildman–Crippen LogP) is 2.92. The zero-order valence-corrected chi connectivity index (χ0v) is 14.6. The van der Waals surface area contributed by atoms with Crippen LogP contribution in [0.25, 0.3) is 16.9 Å². The molecule has 4 aromatic rings. The van der Waals surface area contributed by atoms with Crippen LogP contribution in [0.2, 0.25) is 0 Å². The molecule has 0 unspecified atom stereocenters. The summed E-state index contributed by atoms with van der Waals surface area (Å²) >= 11 is 0. The van der Waals surface area contributed by atoms with Crippen LogP contribution in [-0.2, 0) is 6.54 Å². The van der Waals surface area contributed by atoms with E-state index < -0.39 is 0 Å². The van der Waals surface area contributed by atoms with E-state index in [2.05, 4.69) is 10.1 Å². The van der Waals surface area contributed by atoms with E-state index in [9.17, 15) is 4.79 Å². The summed E-state index contributed by atoms with van der Waals surface area (Å²) in [6.07, 6.45) is 0. The van der Waals surface area contributed by atoms with Crippen LogP contribution in [0.4, 0.5) is 0 Å². The highest BCUT2D eigenvalue weighted by atomic mass is 16.5. The van der Waals surface area contributed by atoms with E-state index in [-0.39, 0.29) is 5.69 Å². The number of hydrogen-bond acceptors (Lipinski definition) is 4. The molecule has 0 saturated carbocycles. The Morgan fingerprint density at radius 2 is 1.77 bits per heavy atom. The van der Waals surface area contributed by atoms with Crippen molar-refractivity contribution >= 4 is 5.65 Å². The van der Waals surface area contributed by atoms with Crippen molar-refractivity contribution < 1.29 is 4.74 Å². The number of aryl methyl sites for hydroxylation is 1. The van der Waals surface area contributed by atoms with Crippen LogP contribution in [0.15, 0.2) is 65.5 Å². The molecule has 4 rings (SSSR count). The molecule has 0 bridgehead atoms. The van der Waals surface area contributed by atoms with Gasteiger partial charge in [-0.1, -0.05) is 30.3 Å². The number of fused-ring (bicyclic) bond motifs is 1. The third-order valence-corrected chi connectivity index (χ3v) is 4.30. The predicted molar refractivity (Wildman–Crippen MR) is 99.5 cm³/mol. The van der Waals surface area contributed by atoms with Gasteiger partial charge in [0.05, 0.1) is 19.3 Å². The van der Waals surface area contributed by atoms with Gasteiger partial charge in [-0.15, -0.1) is 5.10 Å². The maximum Gasteiger partial charge on any atom is 0.352 e. The molecule has 6 heteroatoms. The number of rotatable bonds is 4. The van der Waals surface area contributed by atoms with Crippen molar-refractivity contribution in [1.82, 2.24) is 19.2 Å². The molecule has 2 aromatic heterocycles. The van der Waals surface area contributed by atoms with Gasteiger partial charge in [-0.2, -0.15) is 0 Å². The van der Waals surface area contributed by atoms with Crippen LogP contribution in [0.5, 0.6) is 5.75 Å². The molecular formula is C20H18N4O2. The van der Waals surface area contributed by atoms with Crippen molar-refractivity contribution in [3.05, 3.63) is 82.5 Å². The first-order chi connectivity index (χ1) is 12.7. The zero-order valence-electron chi connectivity index (χ0n) is 14.6. The second-order valence-corrected chi connectivity index (χ2v) is 6.04. The number of methoxy groups -OCH3 is 1. The summed E-state index contributed by atoms with van der Waals surface area (Å²) < 4.78 is 8.20. The first-order valence-electron chi connectivity index (χ1n) is 8.31. The van der Waals surface area contributed by atoms with Gasteiger partial charge in [-0.25, -0.2) is 18.9 Å². The van der Waals surface area contributed by atoms with Gasteiger partial charge in [0.15, 0.2) is 5.65 Å². The molecule has 6 nitrogen and oxygen atoms in total. The van der Waals surface area contributed by atoms with E-state index in [1.807, 2.05) is 67.6 Å². The van der Waals surface area contributed by atoms with Gasteiger partial charge < -0.3 is 4.74 Å². The standard InChI is InChI=1S/C20H18N4O2/c1-14-21-18(16-8-10-17(26-2)11-9-16)12-19-22-23(20(25)24(14)19)13-15-6-4-3-5-7-15/h3-12H,13H2,1-2H3. The van der Waals surface area contributed by atoms with E-state index in [1.165, 1.54) is 9.08 Å². The van der Waals surface area contributed by atoms with Crippen molar-refractivity contribution in [3.63, 3.8) is 0 Å². The second-order valence-electron chi connectivity index (χ2n) is 6.04. The normalized spacial score (nSPS) is 11.0. The number of nitrogens with zero attached hydrogens (tertiary/aromatic N) is 4. The summed E-state index contributed by atoms with van der Waals surface area (Å²) in [5, 5.41) is 4.49. The monoisotopic (exact) mass is 346 g/mol. The van der Waals surface area contributed by atoms with Gasteiger partial charge in [0.25, 0.3) is 0 Å².